The van der Waals surface area contributed by atoms with E-state index < -0.39 is 0 Å². The molecule has 4 heterocycles. The van der Waals surface area contributed by atoms with Gasteiger partial charge in [-0.25, -0.2) is 9.97 Å². The summed E-state index contributed by atoms with van der Waals surface area (Å²) in [6, 6.07) is 4.37. The lowest BCUT2D eigenvalue weighted by atomic mass is 9.80. The molecule has 2 aliphatic rings. The number of aryl methyl sites for hydroxylation is 1. The largest absolute Gasteiger partial charge is 0.366 e. The van der Waals surface area contributed by atoms with Gasteiger partial charge in [0.05, 0.1) is 11.7 Å². The van der Waals surface area contributed by atoms with Crippen LogP contribution in [0.2, 0.25) is 0 Å². The number of fused-ring (bicyclic) bond motifs is 1. The van der Waals surface area contributed by atoms with Crippen molar-refractivity contribution in [1.82, 2.24) is 25.3 Å². The molecule has 0 spiro atoms. The van der Waals surface area contributed by atoms with Crippen LogP contribution < -0.4 is 10.6 Å². The van der Waals surface area contributed by atoms with E-state index in [1.54, 1.807) is 0 Å². The molecule has 1 aliphatic heterocycles. The second-order valence-electron chi connectivity index (χ2n) is 9.13. The molecule has 1 atom stereocenters. The number of hydrogen-bond donors (Lipinski definition) is 2. The summed E-state index contributed by atoms with van der Waals surface area (Å²) in [4.78, 5) is 18.8. The summed E-state index contributed by atoms with van der Waals surface area (Å²) >= 11 is 0. The van der Waals surface area contributed by atoms with E-state index in [1.807, 2.05) is 37.6 Å². The zero-order chi connectivity index (χ0) is 20.0. The number of hydrogen-bond acceptors (Lipinski definition) is 6. The van der Waals surface area contributed by atoms with Gasteiger partial charge in [0.15, 0.2) is 5.82 Å². The normalized spacial score (nSPS) is 21.3. The van der Waals surface area contributed by atoms with Crippen molar-refractivity contribution in [3.8, 4) is 11.4 Å². The van der Waals surface area contributed by atoms with Crippen molar-refractivity contribution in [2.45, 2.75) is 52.0 Å². The highest BCUT2D eigenvalue weighted by atomic mass is 15.1. The van der Waals surface area contributed by atoms with E-state index in [2.05, 4.69) is 34.4 Å². The molecule has 3 aromatic rings. The smallest absolute Gasteiger partial charge is 0.162 e. The Morgan fingerprint density at radius 2 is 2.00 bits per heavy atom. The van der Waals surface area contributed by atoms with E-state index in [9.17, 15) is 0 Å². The molecule has 5 rings (SSSR count). The van der Waals surface area contributed by atoms with Gasteiger partial charge < -0.3 is 10.6 Å². The van der Waals surface area contributed by atoms with Crippen molar-refractivity contribution in [3.05, 3.63) is 42.0 Å². The first-order valence-electron chi connectivity index (χ1n) is 10.6. The van der Waals surface area contributed by atoms with E-state index >= 15 is 0 Å². The van der Waals surface area contributed by atoms with E-state index in [4.69, 9.17) is 9.97 Å². The van der Waals surface area contributed by atoms with Crippen LogP contribution in [0.1, 0.15) is 50.3 Å². The maximum absolute atomic E-state index is 5.04. The van der Waals surface area contributed by atoms with Crippen LogP contribution in [-0.4, -0.2) is 39.1 Å². The summed E-state index contributed by atoms with van der Waals surface area (Å²) in [5.41, 5.74) is 4.31. The van der Waals surface area contributed by atoms with Gasteiger partial charge >= 0.3 is 0 Å². The molecule has 2 N–H and O–H groups in total. The van der Waals surface area contributed by atoms with Crippen LogP contribution in [0.3, 0.4) is 0 Å². The molecule has 150 valence electrons. The first kappa shape index (κ1) is 18.4. The van der Waals surface area contributed by atoms with Crippen molar-refractivity contribution in [2.24, 2.45) is 5.41 Å². The number of rotatable bonds is 4. The van der Waals surface area contributed by atoms with Crippen molar-refractivity contribution < 1.29 is 0 Å². The molecule has 0 radical (unpaired) electrons. The topological polar surface area (TPSA) is 75.6 Å². The fourth-order valence-electron chi connectivity index (χ4n) is 4.33. The lowest BCUT2D eigenvalue weighted by molar-refractivity contribution is 0.236. The van der Waals surface area contributed by atoms with Gasteiger partial charge in [-0.1, -0.05) is 13.8 Å². The Morgan fingerprint density at radius 3 is 2.76 bits per heavy atom. The Hall–Kier alpha value is -2.60. The lowest BCUT2D eigenvalue weighted by Gasteiger charge is -2.40. The predicted molar refractivity (Wildman–Crippen MR) is 116 cm³/mol. The van der Waals surface area contributed by atoms with Gasteiger partial charge in [0.25, 0.3) is 0 Å². The van der Waals surface area contributed by atoms with Crippen molar-refractivity contribution >= 4 is 16.7 Å². The first-order chi connectivity index (χ1) is 14.0. The third-order valence-corrected chi connectivity index (χ3v) is 6.25. The summed E-state index contributed by atoms with van der Waals surface area (Å²) in [7, 11) is 0. The molecule has 1 saturated heterocycles. The van der Waals surface area contributed by atoms with Crippen molar-refractivity contribution in [1.29, 1.82) is 0 Å². The highest BCUT2D eigenvalue weighted by Crippen LogP contribution is 2.44. The summed E-state index contributed by atoms with van der Waals surface area (Å²) in [6.45, 7) is 8.65. The molecular weight excluding hydrogens is 360 g/mol. The second kappa shape index (κ2) is 7.02. The monoisotopic (exact) mass is 388 g/mol. The third kappa shape index (κ3) is 3.57. The molecule has 2 fully saturated rings. The summed E-state index contributed by atoms with van der Waals surface area (Å²) in [5.74, 6) is 2.26. The molecule has 0 aromatic carbocycles. The maximum atomic E-state index is 5.04. The number of pyridine rings is 2. The zero-order valence-corrected chi connectivity index (χ0v) is 17.4. The minimum absolute atomic E-state index is 0.149. The van der Waals surface area contributed by atoms with Crippen LogP contribution in [0, 0.1) is 12.3 Å². The molecule has 1 unspecified atom stereocenters. The minimum Gasteiger partial charge on any atom is -0.366 e. The predicted octanol–water partition coefficient (Wildman–Crippen LogP) is 4.07. The lowest BCUT2D eigenvalue weighted by Crippen LogP contribution is -2.49. The molecule has 6 heteroatoms. The Kier molecular flexibility index (Phi) is 4.46. The van der Waals surface area contributed by atoms with E-state index in [-0.39, 0.29) is 5.41 Å². The van der Waals surface area contributed by atoms with Crippen LogP contribution in [0.5, 0.6) is 0 Å². The highest BCUT2D eigenvalue weighted by Gasteiger charge is 2.34. The number of aromatic nitrogens is 4. The molecule has 0 amide bonds. The van der Waals surface area contributed by atoms with Crippen LogP contribution in [0.4, 0.5) is 5.82 Å². The van der Waals surface area contributed by atoms with E-state index in [1.165, 1.54) is 18.4 Å². The van der Waals surface area contributed by atoms with Gasteiger partial charge in [-0.3, -0.25) is 9.97 Å². The average molecular weight is 389 g/mol. The molecule has 3 aromatic heterocycles. The van der Waals surface area contributed by atoms with E-state index in [0.717, 1.165) is 53.3 Å². The highest BCUT2D eigenvalue weighted by molar-refractivity contribution is 5.93. The fourth-order valence-corrected chi connectivity index (χ4v) is 4.33. The number of nitrogens with zero attached hydrogens (tertiary/aromatic N) is 4. The summed E-state index contributed by atoms with van der Waals surface area (Å²) in [5, 5.41) is 8.49. The molecule has 29 heavy (non-hydrogen) atoms. The van der Waals surface area contributed by atoms with Gasteiger partial charge in [-0.2, -0.15) is 0 Å². The van der Waals surface area contributed by atoms with Crippen LogP contribution in [0.15, 0.2) is 30.7 Å². The molecule has 1 saturated carbocycles. The summed E-state index contributed by atoms with van der Waals surface area (Å²) in [6.07, 6.45) is 9.23. The average Bonchev–Trinajstić information content (AvgIpc) is 3.54. The van der Waals surface area contributed by atoms with Gasteiger partial charge in [0, 0.05) is 41.6 Å². The second-order valence-corrected chi connectivity index (χ2v) is 9.13. The fraction of sp³-hybridized carbons (Fsp3) is 0.478. The van der Waals surface area contributed by atoms with Crippen molar-refractivity contribution in [2.75, 3.05) is 18.4 Å². The Balaban J connectivity index is 1.66. The van der Waals surface area contributed by atoms with E-state index in [0.29, 0.717) is 12.0 Å². The maximum Gasteiger partial charge on any atom is 0.162 e. The van der Waals surface area contributed by atoms with Crippen LogP contribution >= 0.6 is 0 Å². The standard InChI is InChI=1S/C23H28N6/c1-14-10-16(6-9-26-14)21-27-18-12-25-11-17(15-4-5-15)20(18)22(29-21)28-19-7-8-24-13-23(19,2)3/h6,9-12,15,19,24H,4-5,7-8,13H2,1-3H3,(H,27,28,29). The quantitative estimate of drug-likeness (QED) is 0.702. The first-order valence-corrected chi connectivity index (χ1v) is 10.6. The third-order valence-electron chi connectivity index (χ3n) is 6.25. The number of nitrogens with one attached hydrogen (secondary N) is 2. The number of piperidine rings is 1. The van der Waals surface area contributed by atoms with Crippen molar-refractivity contribution in [3.63, 3.8) is 0 Å². The van der Waals surface area contributed by atoms with Crippen LogP contribution in [0.25, 0.3) is 22.3 Å². The Labute approximate surface area is 171 Å². The van der Waals surface area contributed by atoms with Gasteiger partial charge in [0.1, 0.15) is 5.82 Å². The van der Waals surface area contributed by atoms with Gasteiger partial charge in [-0.05, 0) is 61.8 Å². The van der Waals surface area contributed by atoms with Gasteiger partial charge in [0.2, 0.25) is 0 Å². The Morgan fingerprint density at radius 1 is 1.14 bits per heavy atom. The SMILES string of the molecule is Cc1cc(-c2nc(NC3CCNCC3(C)C)c3c(C4CC4)cncc3n2)ccn1. The molecule has 1 aliphatic carbocycles. The van der Waals surface area contributed by atoms with Crippen LogP contribution in [-0.2, 0) is 0 Å². The summed E-state index contributed by atoms with van der Waals surface area (Å²) < 4.78 is 0. The minimum atomic E-state index is 0.149. The molecule has 6 nitrogen and oxygen atoms in total. The Bertz CT molecular complexity index is 1060. The zero-order valence-electron chi connectivity index (χ0n) is 17.4. The van der Waals surface area contributed by atoms with Gasteiger partial charge in [-0.15, -0.1) is 0 Å². The molecule has 0 bridgehead atoms. The molecular formula is C23H28N6. The number of anilines is 1.